The number of pyridine rings is 1. The highest BCUT2D eigenvalue weighted by Gasteiger charge is 2.05. The van der Waals surface area contributed by atoms with E-state index in [1.54, 1.807) is 24.3 Å². The van der Waals surface area contributed by atoms with Crippen LogP contribution in [0.4, 0.5) is 20.6 Å². The maximum Gasteiger partial charge on any atom is 0.323 e. The quantitative estimate of drug-likeness (QED) is 0.667. The molecule has 0 fully saturated rings. The van der Waals surface area contributed by atoms with Crippen LogP contribution in [0.15, 0.2) is 42.6 Å². The van der Waals surface area contributed by atoms with E-state index in [-0.39, 0.29) is 5.78 Å². The Labute approximate surface area is 114 Å². The number of aromatic nitrogens is 1. The summed E-state index contributed by atoms with van der Waals surface area (Å²) in [5.41, 5.74) is 1.36. The Bertz CT molecular complexity index is 641. The van der Waals surface area contributed by atoms with Crippen molar-refractivity contribution in [1.29, 1.82) is 0 Å². The van der Waals surface area contributed by atoms with Crippen LogP contribution >= 0.6 is 0 Å². The summed E-state index contributed by atoms with van der Waals surface area (Å²) in [7, 11) is 0. The summed E-state index contributed by atoms with van der Waals surface area (Å²) in [6.45, 7) is 1.45. The van der Waals surface area contributed by atoms with Crippen molar-refractivity contribution in [3.8, 4) is 0 Å². The molecule has 2 N–H and O–H groups in total. The van der Waals surface area contributed by atoms with Gasteiger partial charge in [-0.3, -0.25) is 4.79 Å². The Morgan fingerprint density at radius 1 is 1.10 bits per heavy atom. The molecule has 0 bridgehead atoms. The number of nitrogens with zero attached hydrogens (tertiary/aromatic N) is 1. The van der Waals surface area contributed by atoms with Crippen molar-refractivity contribution in [2.75, 3.05) is 10.6 Å². The SMILES string of the molecule is CC(=O)c1cccc(NC(=O)Nc2ccc(F)nc2)c1. The van der Waals surface area contributed by atoms with Gasteiger partial charge in [0.2, 0.25) is 5.95 Å². The Kier molecular flexibility index (Phi) is 4.05. The molecule has 102 valence electrons. The summed E-state index contributed by atoms with van der Waals surface area (Å²) in [6, 6.07) is 8.61. The fourth-order valence-corrected chi connectivity index (χ4v) is 1.56. The van der Waals surface area contributed by atoms with Crippen LogP contribution in [0.25, 0.3) is 0 Å². The molecule has 1 aromatic carbocycles. The highest BCUT2D eigenvalue weighted by molar-refractivity contribution is 6.01. The van der Waals surface area contributed by atoms with Crippen molar-refractivity contribution < 1.29 is 14.0 Å². The van der Waals surface area contributed by atoms with Crippen molar-refractivity contribution in [3.63, 3.8) is 0 Å². The van der Waals surface area contributed by atoms with Gasteiger partial charge in [0.25, 0.3) is 0 Å². The van der Waals surface area contributed by atoms with E-state index in [9.17, 15) is 14.0 Å². The number of halogens is 1. The van der Waals surface area contributed by atoms with Gasteiger partial charge in [-0.25, -0.2) is 9.78 Å². The minimum Gasteiger partial charge on any atom is -0.308 e. The fraction of sp³-hybridized carbons (Fsp3) is 0.0714. The summed E-state index contributed by atoms with van der Waals surface area (Å²) in [5.74, 6) is -0.707. The van der Waals surface area contributed by atoms with E-state index in [0.29, 0.717) is 16.9 Å². The normalized spacial score (nSPS) is 9.90. The molecule has 20 heavy (non-hydrogen) atoms. The second kappa shape index (κ2) is 5.92. The molecule has 0 saturated heterocycles. The lowest BCUT2D eigenvalue weighted by Gasteiger charge is -2.08. The van der Waals surface area contributed by atoms with Gasteiger partial charge >= 0.3 is 6.03 Å². The van der Waals surface area contributed by atoms with Gasteiger partial charge in [0.15, 0.2) is 5.78 Å². The van der Waals surface area contributed by atoms with Gasteiger partial charge in [0.05, 0.1) is 11.9 Å². The lowest BCUT2D eigenvalue weighted by Crippen LogP contribution is -2.19. The van der Waals surface area contributed by atoms with E-state index in [4.69, 9.17) is 0 Å². The van der Waals surface area contributed by atoms with Crippen molar-refractivity contribution in [3.05, 3.63) is 54.1 Å². The Morgan fingerprint density at radius 2 is 1.85 bits per heavy atom. The molecule has 0 aliphatic heterocycles. The van der Waals surface area contributed by atoms with E-state index in [1.807, 2.05) is 0 Å². The lowest BCUT2D eigenvalue weighted by atomic mass is 10.1. The summed E-state index contributed by atoms with van der Waals surface area (Å²) < 4.78 is 12.6. The number of Topliss-reactive ketones (excluding diaryl/α,β-unsaturated/α-hetero) is 1. The number of ketones is 1. The first kappa shape index (κ1) is 13.7. The first-order valence-electron chi connectivity index (χ1n) is 5.85. The van der Waals surface area contributed by atoms with Gasteiger partial charge in [-0.05, 0) is 31.2 Å². The number of anilines is 2. The summed E-state index contributed by atoms with van der Waals surface area (Å²) in [6.07, 6.45) is 1.21. The minimum absolute atomic E-state index is 0.0863. The molecule has 0 saturated carbocycles. The molecule has 2 rings (SSSR count). The predicted molar refractivity (Wildman–Crippen MR) is 73.3 cm³/mol. The number of hydrogen-bond acceptors (Lipinski definition) is 3. The molecule has 0 unspecified atom stereocenters. The van der Waals surface area contributed by atoms with Gasteiger partial charge in [-0.2, -0.15) is 4.39 Å². The van der Waals surface area contributed by atoms with Crippen LogP contribution in [-0.2, 0) is 0 Å². The second-order valence-electron chi connectivity index (χ2n) is 4.09. The van der Waals surface area contributed by atoms with E-state index in [1.165, 1.54) is 19.2 Å². The van der Waals surface area contributed by atoms with Crippen LogP contribution in [0.1, 0.15) is 17.3 Å². The Morgan fingerprint density at radius 3 is 2.50 bits per heavy atom. The number of carbonyl (C=O) groups is 2. The molecule has 1 aromatic heterocycles. The number of rotatable bonds is 3. The van der Waals surface area contributed by atoms with Crippen molar-refractivity contribution in [2.45, 2.75) is 6.92 Å². The number of nitrogens with one attached hydrogen (secondary N) is 2. The smallest absolute Gasteiger partial charge is 0.308 e. The number of amides is 2. The standard InChI is InChI=1S/C14H12FN3O2/c1-9(19)10-3-2-4-11(7-10)17-14(20)18-12-5-6-13(15)16-8-12/h2-8H,1H3,(H2,17,18,20). The zero-order valence-corrected chi connectivity index (χ0v) is 10.7. The molecule has 1 heterocycles. The molecule has 0 atom stereocenters. The van der Waals surface area contributed by atoms with Gasteiger partial charge < -0.3 is 10.6 Å². The van der Waals surface area contributed by atoms with Crippen LogP contribution in [0.2, 0.25) is 0 Å². The monoisotopic (exact) mass is 273 g/mol. The number of urea groups is 1. The average molecular weight is 273 g/mol. The van der Waals surface area contributed by atoms with Crippen LogP contribution in [-0.4, -0.2) is 16.8 Å². The maximum atomic E-state index is 12.6. The van der Waals surface area contributed by atoms with Gasteiger partial charge in [-0.1, -0.05) is 12.1 Å². The maximum absolute atomic E-state index is 12.6. The average Bonchev–Trinajstić information content (AvgIpc) is 2.41. The largest absolute Gasteiger partial charge is 0.323 e. The molecular weight excluding hydrogens is 261 g/mol. The van der Waals surface area contributed by atoms with E-state index < -0.39 is 12.0 Å². The highest BCUT2D eigenvalue weighted by Crippen LogP contribution is 2.12. The molecule has 2 aromatic rings. The zero-order valence-electron chi connectivity index (χ0n) is 10.7. The number of carbonyl (C=O) groups excluding carboxylic acids is 2. The summed E-state index contributed by atoms with van der Waals surface area (Å²) in [5, 5.41) is 5.08. The Balaban J connectivity index is 2.02. The van der Waals surface area contributed by atoms with Crippen molar-refractivity contribution in [2.24, 2.45) is 0 Å². The first-order valence-corrected chi connectivity index (χ1v) is 5.85. The van der Waals surface area contributed by atoms with Gasteiger partial charge in [-0.15, -0.1) is 0 Å². The van der Waals surface area contributed by atoms with Crippen molar-refractivity contribution in [1.82, 2.24) is 4.98 Å². The molecule has 0 aliphatic carbocycles. The van der Waals surface area contributed by atoms with Gasteiger partial charge in [0.1, 0.15) is 0 Å². The first-order chi connectivity index (χ1) is 9.54. The highest BCUT2D eigenvalue weighted by atomic mass is 19.1. The third-order valence-corrected chi connectivity index (χ3v) is 2.51. The zero-order chi connectivity index (χ0) is 14.5. The lowest BCUT2D eigenvalue weighted by molar-refractivity contribution is 0.101. The number of hydrogen-bond donors (Lipinski definition) is 2. The third kappa shape index (κ3) is 3.61. The molecule has 0 aliphatic rings. The Hall–Kier alpha value is -2.76. The van der Waals surface area contributed by atoms with Gasteiger partial charge in [0, 0.05) is 11.3 Å². The summed E-state index contributed by atoms with van der Waals surface area (Å²) in [4.78, 5) is 26.4. The molecule has 6 heteroatoms. The molecule has 0 spiro atoms. The molecule has 2 amide bonds. The molecule has 5 nitrogen and oxygen atoms in total. The van der Waals surface area contributed by atoms with Crippen LogP contribution in [0, 0.1) is 5.95 Å². The minimum atomic E-state index is -0.620. The van der Waals surface area contributed by atoms with Crippen molar-refractivity contribution >= 4 is 23.2 Å². The topological polar surface area (TPSA) is 71.1 Å². The number of benzene rings is 1. The molecular formula is C14H12FN3O2. The van der Waals surface area contributed by atoms with E-state index >= 15 is 0 Å². The second-order valence-corrected chi connectivity index (χ2v) is 4.09. The fourth-order valence-electron chi connectivity index (χ4n) is 1.56. The third-order valence-electron chi connectivity index (χ3n) is 2.51. The van der Waals surface area contributed by atoms with Crippen LogP contribution in [0.5, 0.6) is 0 Å². The van der Waals surface area contributed by atoms with E-state index in [0.717, 1.165) is 6.07 Å². The van der Waals surface area contributed by atoms with E-state index in [2.05, 4.69) is 15.6 Å². The van der Waals surface area contributed by atoms with Crippen LogP contribution in [0.3, 0.4) is 0 Å². The summed E-state index contributed by atoms with van der Waals surface area (Å²) >= 11 is 0. The van der Waals surface area contributed by atoms with Crippen LogP contribution < -0.4 is 10.6 Å². The molecule has 0 radical (unpaired) electrons. The predicted octanol–water partition coefficient (Wildman–Crippen LogP) is 3.07.